The number of rotatable bonds is 3. The molecule has 3 aliphatic rings. The van der Waals surface area contributed by atoms with Crippen LogP contribution in [0.1, 0.15) is 36.8 Å². The highest BCUT2D eigenvalue weighted by atomic mass is 32.2. The van der Waals surface area contributed by atoms with Crippen LogP contribution in [0.4, 0.5) is 0 Å². The Morgan fingerprint density at radius 3 is 2.68 bits per heavy atom. The molecule has 0 atom stereocenters. The Morgan fingerprint density at radius 2 is 1.84 bits per heavy atom. The van der Waals surface area contributed by atoms with Gasteiger partial charge in [-0.15, -0.1) is 11.8 Å². The fourth-order valence-electron chi connectivity index (χ4n) is 3.79. The second-order valence-electron chi connectivity index (χ2n) is 7.40. The van der Waals surface area contributed by atoms with E-state index < -0.39 is 0 Å². The number of thioether (sulfide) groups is 1. The molecule has 25 heavy (non-hydrogen) atoms. The van der Waals surface area contributed by atoms with Crippen molar-refractivity contribution in [3.8, 4) is 0 Å². The molecular formula is C20H26N2O2S. The third-order valence-corrected chi connectivity index (χ3v) is 6.62. The van der Waals surface area contributed by atoms with E-state index in [-0.39, 0.29) is 11.8 Å². The normalized spacial score (nSPS) is 20.8. The van der Waals surface area contributed by atoms with Gasteiger partial charge in [0, 0.05) is 37.0 Å². The average molecular weight is 359 g/mol. The summed E-state index contributed by atoms with van der Waals surface area (Å²) in [6, 6.07) is 6.51. The van der Waals surface area contributed by atoms with E-state index in [4.69, 9.17) is 0 Å². The van der Waals surface area contributed by atoms with Gasteiger partial charge in [-0.05, 0) is 55.1 Å². The van der Waals surface area contributed by atoms with Gasteiger partial charge in [-0.25, -0.2) is 0 Å². The Labute approximate surface area is 153 Å². The van der Waals surface area contributed by atoms with Gasteiger partial charge in [0.2, 0.25) is 11.8 Å². The molecule has 2 amide bonds. The molecule has 1 saturated heterocycles. The van der Waals surface area contributed by atoms with Crippen LogP contribution >= 0.6 is 11.8 Å². The van der Waals surface area contributed by atoms with Gasteiger partial charge in [0.05, 0.1) is 6.42 Å². The molecule has 5 heteroatoms. The minimum absolute atomic E-state index is 0.198. The van der Waals surface area contributed by atoms with Gasteiger partial charge < -0.3 is 9.80 Å². The molecular weight excluding hydrogens is 332 g/mol. The molecule has 0 bridgehead atoms. The lowest BCUT2D eigenvalue weighted by Gasteiger charge is -2.22. The summed E-state index contributed by atoms with van der Waals surface area (Å²) >= 11 is 1.92. The summed E-state index contributed by atoms with van der Waals surface area (Å²) in [5.41, 5.74) is 2.53. The molecule has 0 radical (unpaired) electrons. The molecule has 1 aromatic carbocycles. The van der Waals surface area contributed by atoms with Crippen molar-refractivity contribution in [1.82, 2.24) is 9.80 Å². The zero-order chi connectivity index (χ0) is 17.2. The summed E-state index contributed by atoms with van der Waals surface area (Å²) in [7, 11) is 0. The maximum atomic E-state index is 12.7. The molecule has 2 heterocycles. The second-order valence-corrected chi connectivity index (χ2v) is 8.54. The van der Waals surface area contributed by atoms with Crippen LogP contribution in [0.25, 0.3) is 0 Å². The Kier molecular flexibility index (Phi) is 5.02. The number of carbonyl (C=O) groups excluding carboxylic acids is 2. The van der Waals surface area contributed by atoms with E-state index >= 15 is 0 Å². The third kappa shape index (κ3) is 4.02. The largest absolute Gasteiger partial charge is 0.341 e. The molecule has 0 aromatic heterocycles. The van der Waals surface area contributed by atoms with Crippen molar-refractivity contribution in [2.75, 3.05) is 31.9 Å². The first-order chi connectivity index (χ1) is 12.2. The van der Waals surface area contributed by atoms with Gasteiger partial charge in [-0.3, -0.25) is 9.59 Å². The fourth-order valence-corrected chi connectivity index (χ4v) is 4.81. The average Bonchev–Trinajstić information content (AvgIpc) is 3.47. The van der Waals surface area contributed by atoms with E-state index in [2.05, 4.69) is 18.2 Å². The van der Waals surface area contributed by atoms with Crippen LogP contribution in [0.15, 0.2) is 23.1 Å². The topological polar surface area (TPSA) is 40.6 Å². The Hall–Kier alpha value is -1.49. The van der Waals surface area contributed by atoms with Gasteiger partial charge in [-0.1, -0.05) is 12.1 Å². The quantitative estimate of drug-likeness (QED) is 0.834. The molecule has 134 valence electrons. The zero-order valence-corrected chi connectivity index (χ0v) is 15.5. The predicted molar refractivity (Wildman–Crippen MR) is 99.7 cm³/mol. The number of carbonyl (C=O) groups is 2. The Bertz CT molecular complexity index is 672. The molecule has 0 unspecified atom stereocenters. The number of benzene rings is 1. The standard InChI is InChI=1S/C20H26N2O2S/c23-19(14-15-4-7-18-17(13-15)3-1-12-25-18)21-8-2-9-22(11-10-21)20(24)16-5-6-16/h4,7,13,16H,1-3,5-6,8-12,14H2. The van der Waals surface area contributed by atoms with Crippen LogP contribution in [0.2, 0.25) is 0 Å². The summed E-state index contributed by atoms with van der Waals surface area (Å²) in [4.78, 5) is 30.3. The molecule has 1 aliphatic carbocycles. The zero-order valence-electron chi connectivity index (χ0n) is 14.7. The summed E-state index contributed by atoms with van der Waals surface area (Å²) in [6.07, 6.45) is 5.83. The van der Waals surface area contributed by atoms with Crippen LogP contribution in [-0.4, -0.2) is 53.5 Å². The van der Waals surface area contributed by atoms with Gasteiger partial charge in [0.1, 0.15) is 0 Å². The number of nitrogens with zero attached hydrogens (tertiary/aromatic N) is 2. The fraction of sp³-hybridized carbons (Fsp3) is 0.600. The third-order valence-electron chi connectivity index (χ3n) is 5.42. The molecule has 1 saturated carbocycles. The highest BCUT2D eigenvalue weighted by Crippen LogP contribution is 2.32. The summed E-state index contributed by atoms with van der Waals surface area (Å²) < 4.78 is 0. The van der Waals surface area contributed by atoms with E-state index in [9.17, 15) is 9.59 Å². The smallest absolute Gasteiger partial charge is 0.227 e. The number of hydrogen-bond donors (Lipinski definition) is 0. The first kappa shape index (κ1) is 17.0. The first-order valence-electron chi connectivity index (χ1n) is 9.52. The maximum Gasteiger partial charge on any atom is 0.227 e. The molecule has 2 aliphatic heterocycles. The number of amides is 2. The van der Waals surface area contributed by atoms with E-state index in [0.29, 0.717) is 25.4 Å². The lowest BCUT2D eigenvalue weighted by Crippen LogP contribution is -2.38. The van der Waals surface area contributed by atoms with E-state index in [0.717, 1.165) is 44.3 Å². The second kappa shape index (κ2) is 7.40. The van der Waals surface area contributed by atoms with Crippen molar-refractivity contribution >= 4 is 23.6 Å². The van der Waals surface area contributed by atoms with E-state index in [1.54, 1.807) is 0 Å². The summed E-state index contributed by atoms with van der Waals surface area (Å²) in [5.74, 6) is 1.98. The summed E-state index contributed by atoms with van der Waals surface area (Å²) in [5, 5.41) is 0. The SMILES string of the molecule is O=C(Cc1ccc2c(c1)CCCS2)N1CCCN(C(=O)C2CC2)CC1. The number of hydrogen-bond acceptors (Lipinski definition) is 3. The predicted octanol–water partition coefficient (Wildman–Crippen LogP) is 2.74. The van der Waals surface area contributed by atoms with Crippen molar-refractivity contribution in [3.63, 3.8) is 0 Å². The van der Waals surface area contributed by atoms with Crippen LogP contribution in [0.5, 0.6) is 0 Å². The molecule has 1 aromatic rings. The molecule has 0 N–H and O–H groups in total. The van der Waals surface area contributed by atoms with Crippen molar-refractivity contribution in [1.29, 1.82) is 0 Å². The molecule has 2 fully saturated rings. The van der Waals surface area contributed by atoms with Crippen LogP contribution < -0.4 is 0 Å². The van der Waals surface area contributed by atoms with Crippen LogP contribution in [-0.2, 0) is 22.4 Å². The molecule has 4 rings (SSSR count). The Balaban J connectivity index is 1.35. The van der Waals surface area contributed by atoms with Crippen molar-refractivity contribution in [2.45, 2.75) is 43.4 Å². The van der Waals surface area contributed by atoms with Crippen molar-refractivity contribution in [2.24, 2.45) is 5.92 Å². The number of aryl methyl sites for hydroxylation is 1. The van der Waals surface area contributed by atoms with E-state index in [1.807, 2.05) is 21.6 Å². The number of fused-ring (bicyclic) bond motifs is 1. The van der Waals surface area contributed by atoms with Crippen LogP contribution in [0.3, 0.4) is 0 Å². The Morgan fingerprint density at radius 1 is 1.04 bits per heavy atom. The summed E-state index contributed by atoms with van der Waals surface area (Å²) in [6.45, 7) is 2.95. The maximum absolute atomic E-state index is 12.7. The lowest BCUT2D eigenvalue weighted by atomic mass is 10.0. The van der Waals surface area contributed by atoms with Gasteiger partial charge in [-0.2, -0.15) is 0 Å². The molecule has 0 spiro atoms. The van der Waals surface area contributed by atoms with Crippen molar-refractivity contribution < 1.29 is 9.59 Å². The van der Waals surface area contributed by atoms with Gasteiger partial charge >= 0.3 is 0 Å². The molecule has 4 nitrogen and oxygen atoms in total. The minimum atomic E-state index is 0.198. The van der Waals surface area contributed by atoms with Gasteiger partial charge in [0.25, 0.3) is 0 Å². The highest BCUT2D eigenvalue weighted by Gasteiger charge is 2.34. The van der Waals surface area contributed by atoms with Crippen molar-refractivity contribution in [3.05, 3.63) is 29.3 Å². The monoisotopic (exact) mass is 358 g/mol. The minimum Gasteiger partial charge on any atom is -0.341 e. The van der Waals surface area contributed by atoms with E-state index in [1.165, 1.54) is 22.6 Å². The van der Waals surface area contributed by atoms with Crippen LogP contribution in [0, 0.1) is 5.92 Å². The first-order valence-corrected chi connectivity index (χ1v) is 10.5. The highest BCUT2D eigenvalue weighted by molar-refractivity contribution is 7.99. The lowest BCUT2D eigenvalue weighted by molar-refractivity contribution is -0.134. The van der Waals surface area contributed by atoms with Gasteiger partial charge in [0.15, 0.2) is 0 Å².